The van der Waals surface area contributed by atoms with E-state index in [0.717, 1.165) is 6.54 Å². The second kappa shape index (κ2) is 8.12. The Bertz CT molecular complexity index is 147. The van der Waals surface area contributed by atoms with Crippen LogP contribution in [0.1, 0.15) is 47.5 Å². The normalized spacial score (nSPS) is 17.8. The molecule has 0 aliphatic carbocycles. The number of rotatable bonds is 8. The molecule has 2 heteroatoms. The summed E-state index contributed by atoms with van der Waals surface area (Å²) in [7, 11) is 1.83. The molecule has 0 aliphatic rings. The van der Waals surface area contributed by atoms with Gasteiger partial charge in [0.05, 0.1) is 6.10 Å². The zero-order valence-corrected chi connectivity index (χ0v) is 11.3. The van der Waals surface area contributed by atoms with Gasteiger partial charge in [-0.1, -0.05) is 41.0 Å². The Labute approximate surface area is 95.8 Å². The maximum Gasteiger partial charge on any atom is 0.0749 e. The zero-order valence-electron chi connectivity index (χ0n) is 11.3. The first kappa shape index (κ1) is 14.9. The van der Waals surface area contributed by atoms with Gasteiger partial charge < -0.3 is 10.1 Å². The van der Waals surface area contributed by atoms with Crippen LogP contribution < -0.4 is 5.32 Å². The number of ether oxygens (including phenoxy) is 1. The lowest BCUT2D eigenvalue weighted by Crippen LogP contribution is -2.47. The Morgan fingerprint density at radius 1 is 1.13 bits per heavy atom. The number of nitrogens with one attached hydrogen (secondary N) is 1. The van der Waals surface area contributed by atoms with Gasteiger partial charge in [-0.3, -0.25) is 0 Å². The van der Waals surface area contributed by atoms with Gasteiger partial charge in [-0.15, -0.1) is 0 Å². The highest BCUT2D eigenvalue weighted by molar-refractivity contribution is 4.83. The minimum absolute atomic E-state index is 0.325. The molecule has 3 atom stereocenters. The molecule has 0 aromatic carbocycles. The Morgan fingerprint density at radius 3 is 2.07 bits per heavy atom. The zero-order chi connectivity index (χ0) is 11.8. The molecule has 0 rings (SSSR count). The van der Waals surface area contributed by atoms with Crippen molar-refractivity contribution in [3.63, 3.8) is 0 Å². The third-order valence-electron chi connectivity index (χ3n) is 3.08. The molecule has 0 spiro atoms. The van der Waals surface area contributed by atoms with Gasteiger partial charge in [0.2, 0.25) is 0 Å². The molecule has 0 aromatic heterocycles. The fraction of sp³-hybridized carbons (Fsp3) is 1.00. The van der Waals surface area contributed by atoms with Crippen molar-refractivity contribution in [2.75, 3.05) is 13.7 Å². The highest BCUT2D eigenvalue weighted by atomic mass is 16.5. The van der Waals surface area contributed by atoms with E-state index in [1.54, 1.807) is 0 Å². The van der Waals surface area contributed by atoms with E-state index in [1.165, 1.54) is 12.8 Å². The van der Waals surface area contributed by atoms with Crippen LogP contribution in [0.5, 0.6) is 0 Å². The largest absolute Gasteiger partial charge is 0.380 e. The van der Waals surface area contributed by atoms with Crippen molar-refractivity contribution in [2.24, 2.45) is 11.8 Å². The van der Waals surface area contributed by atoms with E-state index in [9.17, 15) is 0 Å². The summed E-state index contributed by atoms with van der Waals surface area (Å²) >= 11 is 0. The molecule has 0 heterocycles. The third kappa shape index (κ3) is 4.98. The van der Waals surface area contributed by atoms with Crippen molar-refractivity contribution < 1.29 is 4.74 Å². The van der Waals surface area contributed by atoms with E-state index in [0.29, 0.717) is 24.0 Å². The van der Waals surface area contributed by atoms with Crippen LogP contribution in [-0.4, -0.2) is 25.8 Å². The van der Waals surface area contributed by atoms with E-state index in [2.05, 4.69) is 39.9 Å². The first-order valence-electron chi connectivity index (χ1n) is 6.34. The van der Waals surface area contributed by atoms with Crippen LogP contribution >= 0.6 is 0 Å². The predicted molar refractivity (Wildman–Crippen MR) is 67.2 cm³/mol. The van der Waals surface area contributed by atoms with E-state index in [-0.39, 0.29) is 0 Å². The lowest BCUT2D eigenvalue weighted by molar-refractivity contribution is 0.0163. The maximum absolute atomic E-state index is 5.63. The molecule has 0 bridgehead atoms. The molecular weight excluding hydrogens is 186 g/mol. The number of likely N-dealkylation sites (N-methyl/N-ethyl adjacent to an activating group) is 1. The third-order valence-corrected chi connectivity index (χ3v) is 3.08. The van der Waals surface area contributed by atoms with Crippen molar-refractivity contribution in [2.45, 2.75) is 59.6 Å². The summed E-state index contributed by atoms with van der Waals surface area (Å²) in [6, 6.07) is 0.486. The summed E-state index contributed by atoms with van der Waals surface area (Å²) < 4.78 is 5.63. The average Bonchev–Trinajstić information content (AvgIpc) is 2.17. The average molecular weight is 215 g/mol. The summed E-state index contributed by atoms with van der Waals surface area (Å²) in [5.74, 6) is 1.25. The molecule has 0 aliphatic heterocycles. The molecule has 2 nitrogen and oxygen atoms in total. The highest BCUT2D eigenvalue weighted by Gasteiger charge is 2.27. The first-order chi connectivity index (χ1) is 7.08. The monoisotopic (exact) mass is 215 g/mol. The van der Waals surface area contributed by atoms with Gasteiger partial charge in [0.1, 0.15) is 0 Å². The molecule has 0 aromatic rings. The van der Waals surface area contributed by atoms with Crippen LogP contribution in [0.3, 0.4) is 0 Å². The molecule has 0 fully saturated rings. The van der Waals surface area contributed by atoms with Crippen molar-refractivity contribution in [1.82, 2.24) is 5.32 Å². The Morgan fingerprint density at radius 2 is 1.73 bits per heavy atom. The summed E-state index contributed by atoms with van der Waals surface area (Å²) in [5, 5.41) is 3.57. The molecule has 92 valence electrons. The summed E-state index contributed by atoms with van der Waals surface area (Å²) in [5.41, 5.74) is 0. The van der Waals surface area contributed by atoms with Gasteiger partial charge in [-0.05, 0) is 24.8 Å². The topological polar surface area (TPSA) is 21.3 Å². The van der Waals surface area contributed by atoms with Gasteiger partial charge in [-0.25, -0.2) is 0 Å². The molecular formula is C13H29NO. The van der Waals surface area contributed by atoms with E-state index in [4.69, 9.17) is 4.74 Å². The van der Waals surface area contributed by atoms with Gasteiger partial charge in [0.25, 0.3) is 0 Å². The minimum Gasteiger partial charge on any atom is -0.380 e. The van der Waals surface area contributed by atoms with Crippen LogP contribution in [0.4, 0.5) is 0 Å². The van der Waals surface area contributed by atoms with E-state index >= 15 is 0 Å². The molecule has 0 radical (unpaired) electrons. The second-order valence-electron chi connectivity index (χ2n) is 4.79. The van der Waals surface area contributed by atoms with Crippen molar-refractivity contribution in [1.29, 1.82) is 0 Å². The summed E-state index contributed by atoms with van der Waals surface area (Å²) in [4.78, 5) is 0. The number of methoxy groups -OCH3 is 1. The Hall–Kier alpha value is -0.0800. The number of hydrogen-bond acceptors (Lipinski definition) is 2. The molecule has 0 amide bonds. The van der Waals surface area contributed by atoms with Crippen LogP contribution in [-0.2, 0) is 4.74 Å². The Balaban J connectivity index is 4.45. The highest BCUT2D eigenvalue weighted by Crippen LogP contribution is 2.20. The fourth-order valence-electron chi connectivity index (χ4n) is 2.35. The van der Waals surface area contributed by atoms with E-state index in [1.807, 2.05) is 7.11 Å². The van der Waals surface area contributed by atoms with Gasteiger partial charge in [0.15, 0.2) is 0 Å². The fourth-order valence-corrected chi connectivity index (χ4v) is 2.35. The van der Waals surface area contributed by atoms with Crippen molar-refractivity contribution >= 4 is 0 Å². The molecule has 0 saturated carbocycles. The van der Waals surface area contributed by atoms with Crippen molar-refractivity contribution in [3.8, 4) is 0 Å². The lowest BCUT2D eigenvalue weighted by atomic mass is 9.87. The second-order valence-corrected chi connectivity index (χ2v) is 4.79. The summed E-state index contributed by atoms with van der Waals surface area (Å²) in [6.07, 6.45) is 2.84. The smallest absolute Gasteiger partial charge is 0.0749 e. The maximum atomic E-state index is 5.63. The standard InChI is InChI=1S/C13H29NO/c1-7-9-11(5)12(14-8-2)13(15-6)10(3)4/h10-14H,7-9H2,1-6H3. The van der Waals surface area contributed by atoms with Crippen LogP contribution in [0, 0.1) is 11.8 Å². The van der Waals surface area contributed by atoms with E-state index < -0.39 is 0 Å². The molecule has 0 saturated heterocycles. The quantitative estimate of drug-likeness (QED) is 0.672. The van der Waals surface area contributed by atoms with Gasteiger partial charge in [-0.2, -0.15) is 0 Å². The summed E-state index contributed by atoms with van der Waals surface area (Å²) in [6.45, 7) is 12.2. The minimum atomic E-state index is 0.325. The van der Waals surface area contributed by atoms with Crippen LogP contribution in [0.15, 0.2) is 0 Å². The van der Waals surface area contributed by atoms with Gasteiger partial charge in [0, 0.05) is 13.2 Å². The first-order valence-corrected chi connectivity index (χ1v) is 6.34. The Kier molecular flexibility index (Phi) is 8.07. The predicted octanol–water partition coefficient (Wildman–Crippen LogP) is 3.07. The molecule has 15 heavy (non-hydrogen) atoms. The van der Waals surface area contributed by atoms with Crippen molar-refractivity contribution in [3.05, 3.63) is 0 Å². The van der Waals surface area contributed by atoms with Gasteiger partial charge >= 0.3 is 0 Å². The molecule has 3 unspecified atom stereocenters. The van der Waals surface area contributed by atoms with Crippen LogP contribution in [0.25, 0.3) is 0 Å². The van der Waals surface area contributed by atoms with Crippen LogP contribution in [0.2, 0.25) is 0 Å². The molecule has 1 N–H and O–H groups in total. The number of hydrogen-bond donors (Lipinski definition) is 1. The SMILES string of the molecule is CCCC(C)C(NCC)C(OC)C(C)C. The lowest BCUT2D eigenvalue weighted by Gasteiger charge is -2.34.